The molecule has 1 aromatic rings. The van der Waals surface area contributed by atoms with Crippen LogP contribution < -0.4 is 4.59 Å². The second-order valence-electron chi connectivity index (χ2n) is 8.97. The van der Waals surface area contributed by atoms with Crippen LogP contribution in [0.15, 0.2) is 29.3 Å². The summed E-state index contributed by atoms with van der Waals surface area (Å²) >= 11 is 6.24. The molecule has 5 nitrogen and oxygen atoms in total. The standard InChI is InChI=1S/C22H29ClN4O/c23-21-22(28)27(24,19-11-7-6-10-17(19)25-21)20-14-16-12-13-18(20)26(16)15-8-4-2-1-3-5-9-15/h6-7,10-11,15-16,18,20,24H,1-5,8-9,12-14H2/t16-,18?,20+,27?/m0/s1. The Morgan fingerprint density at radius 2 is 1.71 bits per heavy atom. The average molecular weight is 401 g/mol. The molecule has 6 heteroatoms. The van der Waals surface area contributed by atoms with Crippen LogP contribution in [0.25, 0.3) is 5.84 Å². The van der Waals surface area contributed by atoms with E-state index in [4.69, 9.17) is 11.6 Å². The Kier molecular flexibility index (Phi) is 4.82. The average Bonchev–Trinajstić information content (AvgIpc) is 3.24. The highest BCUT2D eigenvalue weighted by atomic mass is 35.5. The van der Waals surface area contributed by atoms with Gasteiger partial charge in [0, 0.05) is 24.6 Å². The van der Waals surface area contributed by atoms with Gasteiger partial charge in [-0.3, -0.25) is 9.49 Å². The van der Waals surface area contributed by atoms with E-state index in [1.807, 2.05) is 24.3 Å². The number of nitrogens with zero attached hydrogens (tertiary/aromatic N) is 3. The lowest BCUT2D eigenvalue weighted by Crippen LogP contribution is -2.62. The first-order valence-corrected chi connectivity index (χ1v) is 11.3. The molecule has 2 saturated heterocycles. The lowest BCUT2D eigenvalue weighted by Gasteiger charge is -2.48. The Hall–Kier alpha value is -1.27. The summed E-state index contributed by atoms with van der Waals surface area (Å²) in [6.45, 7) is 0. The summed E-state index contributed by atoms with van der Waals surface area (Å²) in [5.74, 6) is 9.00. The topological polar surface area (TPSA) is 56.5 Å². The third kappa shape index (κ3) is 2.78. The minimum Gasteiger partial charge on any atom is -0.454 e. The van der Waals surface area contributed by atoms with E-state index in [2.05, 4.69) is 9.89 Å². The van der Waals surface area contributed by atoms with E-state index in [1.54, 1.807) is 0 Å². The largest absolute Gasteiger partial charge is 0.454 e. The van der Waals surface area contributed by atoms with Gasteiger partial charge in [-0.05, 0) is 31.7 Å². The molecule has 28 heavy (non-hydrogen) atoms. The van der Waals surface area contributed by atoms with Gasteiger partial charge in [-0.15, -0.1) is 0 Å². The van der Waals surface area contributed by atoms with Gasteiger partial charge in [-0.25, -0.2) is 9.79 Å². The minimum absolute atomic E-state index is 0.0472. The molecular formula is C22H29ClN4O. The Bertz CT molecular complexity index is 803. The van der Waals surface area contributed by atoms with E-state index < -0.39 is 4.59 Å². The summed E-state index contributed by atoms with van der Waals surface area (Å²) in [4.78, 5) is 20.2. The number of amides is 1. The second-order valence-corrected chi connectivity index (χ2v) is 9.32. The molecule has 1 amide bonds. The number of halogens is 1. The maximum atomic E-state index is 13.2. The number of fused-ring (bicyclic) bond motifs is 3. The number of quaternary nitrogens is 1. The summed E-state index contributed by atoms with van der Waals surface area (Å²) < 4.78 is -0.455. The molecule has 0 spiro atoms. The molecule has 1 N–H and O–H groups in total. The van der Waals surface area contributed by atoms with Crippen LogP contribution in [0.4, 0.5) is 11.4 Å². The number of hydrogen-bond donors (Lipinski definition) is 0. The quantitative estimate of drug-likeness (QED) is 0.616. The minimum atomic E-state index is -0.455. The number of para-hydroxylation sites is 2. The number of rotatable bonds is 2. The smallest absolute Gasteiger partial charge is 0.371 e. The highest BCUT2D eigenvalue weighted by Gasteiger charge is 2.58. The summed E-state index contributed by atoms with van der Waals surface area (Å²) in [6.07, 6.45) is 12.4. The van der Waals surface area contributed by atoms with E-state index in [0.29, 0.717) is 29.5 Å². The fraction of sp³-hybridized carbons (Fsp3) is 0.636. The van der Waals surface area contributed by atoms with Gasteiger partial charge in [0.15, 0.2) is 5.69 Å². The number of carbonyl (C=O) groups excluding carboxylic acids is 1. The summed E-state index contributed by atoms with van der Waals surface area (Å²) in [6, 6.07) is 8.93. The first-order valence-electron chi connectivity index (χ1n) is 10.9. The van der Waals surface area contributed by atoms with Crippen LogP contribution in [0.1, 0.15) is 64.2 Å². The molecule has 1 aromatic carbocycles. The molecule has 3 aliphatic heterocycles. The molecule has 4 atom stereocenters. The number of benzene rings is 1. The Morgan fingerprint density at radius 3 is 2.50 bits per heavy atom. The van der Waals surface area contributed by atoms with E-state index in [1.165, 1.54) is 51.4 Å². The van der Waals surface area contributed by atoms with E-state index in [0.717, 1.165) is 12.8 Å². The van der Waals surface area contributed by atoms with Crippen LogP contribution >= 0.6 is 11.6 Å². The molecule has 0 radical (unpaired) electrons. The maximum absolute atomic E-state index is 13.2. The second kappa shape index (κ2) is 7.21. The van der Waals surface area contributed by atoms with Crippen LogP contribution in [0.2, 0.25) is 0 Å². The van der Waals surface area contributed by atoms with Gasteiger partial charge in [-0.1, -0.05) is 55.8 Å². The molecule has 1 aliphatic carbocycles. The van der Waals surface area contributed by atoms with Crippen molar-refractivity contribution in [3.8, 4) is 0 Å². The summed E-state index contributed by atoms with van der Waals surface area (Å²) in [7, 11) is 0. The number of hydrogen-bond acceptors (Lipinski definition) is 3. The number of nitrogens with one attached hydrogen (secondary N) is 1. The van der Waals surface area contributed by atoms with Crippen molar-refractivity contribution >= 4 is 34.1 Å². The van der Waals surface area contributed by atoms with E-state index >= 15 is 0 Å². The normalized spacial score (nSPS) is 36.7. The van der Waals surface area contributed by atoms with Gasteiger partial charge in [0.25, 0.3) is 0 Å². The predicted molar refractivity (Wildman–Crippen MR) is 114 cm³/mol. The van der Waals surface area contributed by atoms with Gasteiger partial charge >= 0.3 is 5.91 Å². The van der Waals surface area contributed by atoms with E-state index in [-0.39, 0.29) is 17.1 Å². The first-order chi connectivity index (χ1) is 13.6. The van der Waals surface area contributed by atoms with Crippen molar-refractivity contribution in [1.29, 1.82) is 0 Å². The molecule has 2 unspecified atom stereocenters. The Labute approximate surface area is 172 Å². The van der Waals surface area contributed by atoms with Gasteiger partial charge in [-0.2, -0.15) is 0 Å². The number of carbonyl (C=O) groups is 1. The van der Waals surface area contributed by atoms with Crippen molar-refractivity contribution in [1.82, 2.24) is 9.49 Å². The third-order valence-corrected chi connectivity index (χ3v) is 7.78. The van der Waals surface area contributed by atoms with Crippen molar-refractivity contribution in [2.75, 3.05) is 0 Å². The van der Waals surface area contributed by atoms with Gasteiger partial charge in [0.1, 0.15) is 11.7 Å². The third-order valence-electron chi connectivity index (χ3n) is 7.53. The van der Waals surface area contributed by atoms with Crippen LogP contribution in [0, 0.1) is 0 Å². The zero-order chi connectivity index (χ0) is 19.3. The fourth-order valence-corrected chi connectivity index (χ4v) is 6.54. The van der Waals surface area contributed by atoms with Crippen LogP contribution in [-0.2, 0) is 4.79 Å². The molecule has 3 heterocycles. The van der Waals surface area contributed by atoms with Gasteiger partial charge in [0.05, 0.1) is 6.04 Å². The predicted octanol–water partition coefficient (Wildman–Crippen LogP) is 5.49. The van der Waals surface area contributed by atoms with Crippen molar-refractivity contribution in [3.63, 3.8) is 0 Å². The summed E-state index contributed by atoms with van der Waals surface area (Å²) in [5, 5.41) is -0.0472. The van der Waals surface area contributed by atoms with E-state index in [9.17, 15) is 10.6 Å². The highest BCUT2D eigenvalue weighted by molar-refractivity contribution is 6.84. The molecule has 150 valence electrons. The SMILES string of the molecule is [NH-][N+]1([C@@H]2C[C@@H]3CCC2N3C2CCCCCCC2)C(=O)C(Cl)=Nc2ccccc21. The lowest BCUT2D eigenvalue weighted by molar-refractivity contribution is -0.123. The van der Waals surface area contributed by atoms with Crippen molar-refractivity contribution in [2.45, 2.75) is 88.4 Å². The molecule has 5 rings (SSSR count). The molecular weight excluding hydrogens is 372 g/mol. The van der Waals surface area contributed by atoms with Crippen molar-refractivity contribution < 1.29 is 4.79 Å². The van der Waals surface area contributed by atoms with Crippen molar-refractivity contribution in [3.05, 3.63) is 30.1 Å². The van der Waals surface area contributed by atoms with Crippen LogP contribution in [0.3, 0.4) is 0 Å². The molecule has 2 bridgehead atoms. The number of aliphatic imine (C=N–C) groups is 1. The highest BCUT2D eigenvalue weighted by Crippen LogP contribution is 2.50. The Balaban J connectivity index is 1.49. The lowest BCUT2D eigenvalue weighted by atomic mass is 9.92. The fourth-order valence-electron chi connectivity index (χ4n) is 6.31. The molecule has 3 fully saturated rings. The van der Waals surface area contributed by atoms with Crippen LogP contribution in [0.5, 0.6) is 0 Å². The van der Waals surface area contributed by atoms with Crippen molar-refractivity contribution in [2.24, 2.45) is 4.99 Å². The van der Waals surface area contributed by atoms with Gasteiger partial charge in [0.2, 0.25) is 5.17 Å². The zero-order valence-electron chi connectivity index (χ0n) is 16.3. The molecule has 0 aromatic heterocycles. The first kappa shape index (κ1) is 18.7. The monoisotopic (exact) mass is 400 g/mol. The molecule has 1 saturated carbocycles. The van der Waals surface area contributed by atoms with Gasteiger partial charge < -0.3 is 5.84 Å². The maximum Gasteiger partial charge on any atom is 0.371 e. The Morgan fingerprint density at radius 1 is 1.00 bits per heavy atom. The zero-order valence-corrected chi connectivity index (χ0v) is 17.1. The molecule has 4 aliphatic rings. The van der Waals surface area contributed by atoms with Crippen LogP contribution in [-0.4, -0.2) is 40.1 Å². The summed E-state index contributed by atoms with van der Waals surface area (Å²) in [5.41, 5.74) is 1.36.